The molecule has 1 aromatic carbocycles. The molecule has 0 aliphatic rings. The molecular formula is C18H20NO4S-. The zero-order chi connectivity index (χ0) is 18.1. The van der Waals surface area contributed by atoms with Crippen LogP contribution < -0.4 is 9.84 Å². The molecule has 2 rings (SSSR count). The largest absolute Gasteiger partial charge is 0.544 e. The highest BCUT2D eigenvalue weighted by molar-refractivity contribution is 7.15. The minimum Gasteiger partial charge on any atom is -0.544 e. The molecule has 0 aliphatic heterocycles. The van der Waals surface area contributed by atoms with Crippen LogP contribution in [0.3, 0.4) is 0 Å². The minimum atomic E-state index is -1.32. The Kier molecular flexibility index (Phi) is 5.08. The van der Waals surface area contributed by atoms with Crippen molar-refractivity contribution < 1.29 is 19.4 Å². The standard InChI is InChI=1S/C18H21NO4S/c1-10-6-7-12(18(3,4)5)14(8-10)23-9-13(20)16-19-11(2)15(24-16)17(21)22/h6-8H,9H2,1-5H3,(H,21,22)/p-1. The molecular weight excluding hydrogens is 326 g/mol. The Morgan fingerprint density at radius 2 is 1.92 bits per heavy atom. The van der Waals surface area contributed by atoms with Crippen LogP contribution in [0.4, 0.5) is 0 Å². The van der Waals surface area contributed by atoms with E-state index >= 15 is 0 Å². The number of nitrogens with zero attached hydrogens (tertiary/aromatic N) is 1. The Morgan fingerprint density at radius 3 is 2.46 bits per heavy atom. The summed E-state index contributed by atoms with van der Waals surface area (Å²) in [6.07, 6.45) is 0. The number of aryl methyl sites for hydroxylation is 2. The summed E-state index contributed by atoms with van der Waals surface area (Å²) in [6.45, 7) is 9.52. The Balaban J connectivity index is 2.19. The van der Waals surface area contributed by atoms with Gasteiger partial charge in [0.05, 0.1) is 16.5 Å². The maximum absolute atomic E-state index is 12.3. The highest BCUT2D eigenvalue weighted by Gasteiger charge is 2.21. The van der Waals surface area contributed by atoms with E-state index in [4.69, 9.17) is 4.74 Å². The van der Waals surface area contributed by atoms with E-state index in [1.807, 2.05) is 25.1 Å². The molecule has 6 heteroatoms. The number of ether oxygens (including phenoxy) is 1. The summed E-state index contributed by atoms with van der Waals surface area (Å²) in [4.78, 5) is 27.2. The van der Waals surface area contributed by atoms with Crippen LogP contribution in [0.2, 0.25) is 0 Å². The molecule has 128 valence electrons. The van der Waals surface area contributed by atoms with Crippen molar-refractivity contribution in [1.82, 2.24) is 4.98 Å². The summed E-state index contributed by atoms with van der Waals surface area (Å²) >= 11 is 0.821. The fraction of sp³-hybridized carbons (Fsp3) is 0.389. The second kappa shape index (κ2) is 6.73. The number of benzene rings is 1. The highest BCUT2D eigenvalue weighted by Crippen LogP contribution is 2.32. The van der Waals surface area contributed by atoms with Crippen LogP contribution in [-0.2, 0) is 5.41 Å². The fourth-order valence-electron chi connectivity index (χ4n) is 2.28. The van der Waals surface area contributed by atoms with Crippen LogP contribution >= 0.6 is 11.3 Å². The summed E-state index contributed by atoms with van der Waals surface area (Å²) in [5.74, 6) is -1.01. The first-order chi connectivity index (χ1) is 11.1. The van der Waals surface area contributed by atoms with Gasteiger partial charge in [-0.3, -0.25) is 4.79 Å². The molecule has 0 aliphatic carbocycles. The van der Waals surface area contributed by atoms with Gasteiger partial charge in [0, 0.05) is 0 Å². The van der Waals surface area contributed by atoms with Crippen molar-refractivity contribution in [2.75, 3.05) is 6.61 Å². The molecule has 0 radical (unpaired) electrons. The van der Waals surface area contributed by atoms with Crippen molar-refractivity contribution in [3.05, 3.63) is 44.9 Å². The second-order valence-electron chi connectivity index (χ2n) is 6.68. The van der Waals surface area contributed by atoms with E-state index in [2.05, 4.69) is 25.8 Å². The average Bonchev–Trinajstić information content (AvgIpc) is 2.85. The summed E-state index contributed by atoms with van der Waals surface area (Å²) in [6, 6.07) is 5.90. The molecule has 0 amide bonds. The molecule has 0 saturated heterocycles. The fourth-order valence-corrected chi connectivity index (χ4v) is 3.10. The number of carbonyl (C=O) groups is 2. The van der Waals surface area contributed by atoms with Crippen molar-refractivity contribution in [1.29, 1.82) is 0 Å². The Morgan fingerprint density at radius 1 is 1.25 bits per heavy atom. The van der Waals surface area contributed by atoms with E-state index in [9.17, 15) is 14.7 Å². The van der Waals surface area contributed by atoms with Crippen LogP contribution in [0.15, 0.2) is 18.2 Å². The molecule has 2 aromatic rings. The quantitative estimate of drug-likeness (QED) is 0.778. The lowest BCUT2D eigenvalue weighted by molar-refractivity contribution is -0.254. The molecule has 1 aromatic heterocycles. The number of rotatable bonds is 5. The van der Waals surface area contributed by atoms with Gasteiger partial charge in [-0.25, -0.2) is 4.98 Å². The number of Topliss-reactive ketones (excluding diaryl/α,β-unsaturated/α-hetero) is 1. The van der Waals surface area contributed by atoms with E-state index in [0.717, 1.165) is 22.5 Å². The number of aromatic nitrogens is 1. The third-order valence-corrected chi connectivity index (χ3v) is 4.70. The lowest BCUT2D eigenvalue weighted by Crippen LogP contribution is -2.21. The van der Waals surface area contributed by atoms with E-state index in [-0.39, 0.29) is 33.4 Å². The summed E-state index contributed by atoms with van der Waals surface area (Å²) in [5, 5.41) is 11.1. The van der Waals surface area contributed by atoms with Crippen molar-refractivity contribution in [2.24, 2.45) is 0 Å². The molecule has 0 bridgehead atoms. The number of carbonyl (C=O) groups excluding carboxylic acids is 2. The lowest BCUT2D eigenvalue weighted by Gasteiger charge is -2.23. The monoisotopic (exact) mass is 346 g/mol. The molecule has 0 saturated carbocycles. The first-order valence-corrected chi connectivity index (χ1v) is 8.37. The zero-order valence-electron chi connectivity index (χ0n) is 14.4. The predicted octanol–water partition coefficient (Wildman–Crippen LogP) is 2.68. The van der Waals surface area contributed by atoms with Crippen LogP contribution in [0.1, 0.15) is 57.1 Å². The molecule has 0 atom stereocenters. The third kappa shape index (κ3) is 4.00. The SMILES string of the molecule is Cc1ccc(C(C)(C)C)c(OCC(=O)c2nc(C)c(C(=O)[O-])s2)c1. The van der Waals surface area contributed by atoms with Gasteiger partial charge in [-0.15, -0.1) is 11.3 Å². The van der Waals surface area contributed by atoms with Crippen LogP contribution in [0.5, 0.6) is 5.75 Å². The number of aromatic carboxylic acids is 1. The number of thiazole rings is 1. The number of carboxylic acids is 1. The van der Waals surface area contributed by atoms with Gasteiger partial charge >= 0.3 is 0 Å². The molecule has 5 nitrogen and oxygen atoms in total. The Labute approximate surface area is 145 Å². The maximum Gasteiger partial charge on any atom is 0.228 e. The van der Waals surface area contributed by atoms with Crippen LogP contribution in [-0.4, -0.2) is 23.3 Å². The summed E-state index contributed by atoms with van der Waals surface area (Å²) < 4.78 is 5.72. The predicted molar refractivity (Wildman–Crippen MR) is 90.9 cm³/mol. The van der Waals surface area contributed by atoms with E-state index in [0.29, 0.717) is 5.75 Å². The van der Waals surface area contributed by atoms with Gasteiger partial charge in [0.25, 0.3) is 0 Å². The normalized spacial score (nSPS) is 11.4. The Bertz CT molecular complexity index is 787. The van der Waals surface area contributed by atoms with Gasteiger partial charge in [0.15, 0.2) is 11.6 Å². The van der Waals surface area contributed by atoms with Crippen molar-refractivity contribution in [2.45, 2.75) is 40.0 Å². The summed E-state index contributed by atoms with van der Waals surface area (Å²) in [7, 11) is 0. The summed E-state index contributed by atoms with van der Waals surface area (Å²) in [5.41, 5.74) is 2.21. The van der Waals surface area contributed by atoms with Gasteiger partial charge in [-0.1, -0.05) is 32.9 Å². The van der Waals surface area contributed by atoms with E-state index in [1.54, 1.807) is 0 Å². The van der Waals surface area contributed by atoms with Crippen LogP contribution in [0, 0.1) is 13.8 Å². The Hall–Kier alpha value is -2.21. The minimum absolute atomic E-state index is 0.0238. The lowest BCUT2D eigenvalue weighted by atomic mass is 9.86. The molecule has 0 N–H and O–H groups in total. The van der Waals surface area contributed by atoms with E-state index < -0.39 is 5.97 Å². The maximum atomic E-state index is 12.3. The smallest absolute Gasteiger partial charge is 0.228 e. The van der Waals surface area contributed by atoms with Gasteiger partial charge in [-0.05, 0) is 36.5 Å². The van der Waals surface area contributed by atoms with Gasteiger partial charge in [0.1, 0.15) is 5.75 Å². The topological polar surface area (TPSA) is 79.3 Å². The molecule has 1 heterocycles. The molecule has 0 spiro atoms. The zero-order valence-corrected chi connectivity index (χ0v) is 15.2. The first kappa shape index (κ1) is 18.1. The van der Waals surface area contributed by atoms with Crippen molar-refractivity contribution in [3.8, 4) is 5.75 Å². The van der Waals surface area contributed by atoms with E-state index in [1.165, 1.54) is 6.92 Å². The van der Waals surface area contributed by atoms with Crippen molar-refractivity contribution in [3.63, 3.8) is 0 Å². The van der Waals surface area contributed by atoms with Crippen LogP contribution in [0.25, 0.3) is 0 Å². The second-order valence-corrected chi connectivity index (χ2v) is 7.68. The molecule has 0 fully saturated rings. The van der Waals surface area contributed by atoms with Crippen molar-refractivity contribution >= 4 is 23.1 Å². The number of ketones is 1. The first-order valence-electron chi connectivity index (χ1n) is 7.55. The number of carboxylic acid groups (broad SMARTS) is 1. The van der Waals surface area contributed by atoms with Gasteiger partial charge < -0.3 is 14.6 Å². The molecule has 24 heavy (non-hydrogen) atoms. The number of hydrogen-bond acceptors (Lipinski definition) is 6. The molecule has 0 unspecified atom stereocenters. The number of hydrogen-bond donors (Lipinski definition) is 0. The third-order valence-electron chi connectivity index (χ3n) is 3.52. The van der Waals surface area contributed by atoms with Gasteiger partial charge in [-0.2, -0.15) is 0 Å². The highest BCUT2D eigenvalue weighted by atomic mass is 32.1. The van der Waals surface area contributed by atoms with Gasteiger partial charge in [0.2, 0.25) is 5.78 Å². The average molecular weight is 346 g/mol.